The lowest BCUT2D eigenvalue weighted by molar-refractivity contribution is 0.378. The van der Waals surface area contributed by atoms with Crippen LogP contribution >= 0.6 is 11.3 Å². The molecule has 1 fully saturated rings. The first-order chi connectivity index (χ1) is 13.9. The Morgan fingerprint density at radius 3 is 2.28 bits per heavy atom. The van der Waals surface area contributed by atoms with Gasteiger partial charge in [0.2, 0.25) is 10.0 Å². The van der Waals surface area contributed by atoms with E-state index in [-0.39, 0.29) is 13.1 Å². The van der Waals surface area contributed by atoms with Gasteiger partial charge in [0.15, 0.2) is 10.0 Å². The van der Waals surface area contributed by atoms with Crippen LogP contribution in [-0.4, -0.2) is 43.9 Å². The average Bonchev–Trinajstić information content (AvgIpc) is 3.18. The SMILES string of the molecule is Cc1ccccc1-c1csc(N2CCN(S(=O)(=O)c3c(F)cccc3F)CC2)n1. The molecule has 1 aromatic heterocycles. The van der Waals surface area contributed by atoms with Crippen LogP contribution in [-0.2, 0) is 10.0 Å². The number of hydrogen-bond donors (Lipinski definition) is 0. The van der Waals surface area contributed by atoms with Gasteiger partial charge in [-0.3, -0.25) is 0 Å². The first-order valence-electron chi connectivity index (χ1n) is 9.08. The Kier molecular flexibility index (Phi) is 5.37. The number of nitrogens with zero attached hydrogens (tertiary/aromatic N) is 3. The molecule has 0 N–H and O–H groups in total. The molecule has 0 aliphatic carbocycles. The minimum absolute atomic E-state index is 0.134. The fourth-order valence-corrected chi connectivity index (χ4v) is 5.78. The molecule has 0 spiro atoms. The van der Waals surface area contributed by atoms with Crippen LogP contribution in [0.2, 0.25) is 0 Å². The second-order valence-electron chi connectivity index (χ2n) is 6.77. The molecule has 5 nitrogen and oxygen atoms in total. The maximum absolute atomic E-state index is 14.0. The summed E-state index contributed by atoms with van der Waals surface area (Å²) in [7, 11) is -4.23. The largest absolute Gasteiger partial charge is 0.345 e. The molecule has 1 aliphatic heterocycles. The molecule has 29 heavy (non-hydrogen) atoms. The molecule has 0 saturated carbocycles. The van der Waals surface area contributed by atoms with Crippen LogP contribution in [0.1, 0.15) is 5.56 Å². The molecule has 0 radical (unpaired) electrons. The highest BCUT2D eigenvalue weighted by molar-refractivity contribution is 7.89. The van der Waals surface area contributed by atoms with Crippen LogP contribution in [0.5, 0.6) is 0 Å². The van der Waals surface area contributed by atoms with Crippen molar-refractivity contribution < 1.29 is 17.2 Å². The van der Waals surface area contributed by atoms with Gasteiger partial charge in [-0.15, -0.1) is 11.3 Å². The molecule has 4 rings (SSSR count). The Bertz CT molecular complexity index is 1120. The number of halogens is 2. The van der Waals surface area contributed by atoms with Gasteiger partial charge in [-0.25, -0.2) is 22.2 Å². The van der Waals surface area contributed by atoms with Crippen molar-refractivity contribution in [3.63, 3.8) is 0 Å². The maximum atomic E-state index is 14.0. The molecule has 0 bridgehead atoms. The second kappa shape index (κ2) is 7.81. The lowest BCUT2D eigenvalue weighted by Crippen LogP contribution is -2.49. The van der Waals surface area contributed by atoms with Gasteiger partial charge in [0, 0.05) is 37.1 Å². The second-order valence-corrected chi connectivity index (χ2v) is 9.48. The third-order valence-corrected chi connectivity index (χ3v) is 7.79. The number of sulfonamides is 1. The molecule has 0 unspecified atom stereocenters. The van der Waals surface area contributed by atoms with Crippen molar-refractivity contribution in [2.24, 2.45) is 0 Å². The minimum atomic E-state index is -4.23. The lowest BCUT2D eigenvalue weighted by atomic mass is 10.1. The van der Waals surface area contributed by atoms with Gasteiger partial charge in [-0.2, -0.15) is 4.31 Å². The smallest absolute Gasteiger partial charge is 0.249 e. The van der Waals surface area contributed by atoms with E-state index in [1.165, 1.54) is 11.3 Å². The summed E-state index contributed by atoms with van der Waals surface area (Å²) in [6.07, 6.45) is 0. The number of aryl methyl sites for hydroxylation is 1. The van der Waals surface area contributed by atoms with Crippen molar-refractivity contribution in [2.75, 3.05) is 31.1 Å². The van der Waals surface area contributed by atoms with Gasteiger partial charge in [0.25, 0.3) is 0 Å². The first-order valence-corrected chi connectivity index (χ1v) is 11.4. The quantitative estimate of drug-likeness (QED) is 0.624. The summed E-state index contributed by atoms with van der Waals surface area (Å²) < 4.78 is 54.5. The average molecular weight is 436 g/mol. The molecule has 1 aliphatic rings. The van der Waals surface area contributed by atoms with Crippen molar-refractivity contribution in [1.29, 1.82) is 0 Å². The highest BCUT2D eigenvalue weighted by Crippen LogP contribution is 2.31. The summed E-state index contributed by atoms with van der Waals surface area (Å²) in [6, 6.07) is 11.0. The summed E-state index contributed by atoms with van der Waals surface area (Å²) in [6.45, 7) is 3.09. The first kappa shape index (κ1) is 19.9. The fourth-order valence-electron chi connectivity index (χ4n) is 3.37. The zero-order valence-electron chi connectivity index (χ0n) is 15.7. The third kappa shape index (κ3) is 3.77. The fraction of sp³-hybridized carbons (Fsp3) is 0.250. The topological polar surface area (TPSA) is 53.5 Å². The molecule has 1 saturated heterocycles. The van der Waals surface area contributed by atoms with Crippen molar-refractivity contribution in [2.45, 2.75) is 11.8 Å². The maximum Gasteiger partial charge on any atom is 0.249 e. The van der Waals surface area contributed by atoms with E-state index >= 15 is 0 Å². The van der Waals surface area contributed by atoms with E-state index in [0.29, 0.717) is 13.1 Å². The summed E-state index contributed by atoms with van der Waals surface area (Å²) in [4.78, 5) is 5.81. The number of piperazine rings is 1. The van der Waals surface area contributed by atoms with E-state index in [1.54, 1.807) is 0 Å². The van der Waals surface area contributed by atoms with Crippen molar-refractivity contribution >= 4 is 26.5 Å². The molecule has 2 heterocycles. The van der Waals surface area contributed by atoms with Crippen LogP contribution in [0.3, 0.4) is 0 Å². The minimum Gasteiger partial charge on any atom is -0.345 e. The Labute approximate surface area is 172 Å². The number of hydrogen-bond acceptors (Lipinski definition) is 5. The molecule has 0 amide bonds. The summed E-state index contributed by atoms with van der Waals surface area (Å²) in [5, 5.41) is 2.78. The van der Waals surface area contributed by atoms with Gasteiger partial charge in [-0.05, 0) is 24.6 Å². The predicted molar refractivity (Wildman–Crippen MR) is 110 cm³/mol. The van der Waals surface area contributed by atoms with Crippen LogP contribution in [0.25, 0.3) is 11.3 Å². The van der Waals surface area contributed by atoms with Crippen molar-refractivity contribution in [3.8, 4) is 11.3 Å². The standard InChI is InChI=1S/C20H19F2N3O2S2/c1-14-5-2-3-6-15(14)18-13-28-20(23-18)24-9-11-25(12-10-24)29(26,27)19-16(21)7-4-8-17(19)22/h2-8,13H,9-12H2,1H3. The molecule has 9 heteroatoms. The molecule has 0 atom stereocenters. The zero-order valence-corrected chi connectivity index (χ0v) is 17.3. The number of rotatable bonds is 4. The summed E-state index contributed by atoms with van der Waals surface area (Å²) in [5.74, 6) is -2.15. The van der Waals surface area contributed by atoms with Crippen LogP contribution < -0.4 is 4.90 Å². The Morgan fingerprint density at radius 1 is 0.966 bits per heavy atom. The van der Waals surface area contributed by atoms with E-state index in [1.807, 2.05) is 41.5 Å². The molecule has 152 valence electrons. The van der Waals surface area contributed by atoms with Crippen molar-refractivity contribution in [1.82, 2.24) is 9.29 Å². The molecule has 2 aromatic carbocycles. The normalized spacial score (nSPS) is 15.6. The molecular formula is C20H19F2N3O2S2. The van der Waals surface area contributed by atoms with E-state index in [0.717, 1.165) is 44.5 Å². The van der Waals surface area contributed by atoms with Gasteiger partial charge in [0.1, 0.15) is 11.6 Å². The van der Waals surface area contributed by atoms with E-state index in [9.17, 15) is 17.2 Å². The monoisotopic (exact) mass is 435 g/mol. The van der Waals surface area contributed by atoms with Crippen LogP contribution in [0.4, 0.5) is 13.9 Å². The van der Waals surface area contributed by atoms with Gasteiger partial charge < -0.3 is 4.90 Å². The van der Waals surface area contributed by atoms with Crippen LogP contribution in [0, 0.1) is 18.6 Å². The van der Waals surface area contributed by atoms with Gasteiger partial charge >= 0.3 is 0 Å². The number of anilines is 1. The van der Waals surface area contributed by atoms with Gasteiger partial charge in [-0.1, -0.05) is 30.3 Å². The summed E-state index contributed by atoms with van der Waals surface area (Å²) >= 11 is 1.50. The van der Waals surface area contributed by atoms with E-state index < -0.39 is 26.6 Å². The molecular weight excluding hydrogens is 416 g/mol. The van der Waals surface area contributed by atoms with Crippen LogP contribution in [0.15, 0.2) is 52.7 Å². The Morgan fingerprint density at radius 2 is 1.62 bits per heavy atom. The van der Waals surface area contributed by atoms with E-state index in [4.69, 9.17) is 4.98 Å². The van der Waals surface area contributed by atoms with E-state index in [2.05, 4.69) is 0 Å². The lowest BCUT2D eigenvalue weighted by Gasteiger charge is -2.33. The predicted octanol–water partition coefficient (Wildman–Crippen LogP) is 3.91. The molecule has 3 aromatic rings. The Hall–Kier alpha value is -2.36. The number of thiazole rings is 1. The zero-order chi connectivity index (χ0) is 20.6. The van der Waals surface area contributed by atoms with Gasteiger partial charge in [0.05, 0.1) is 5.69 Å². The van der Waals surface area contributed by atoms with Crippen molar-refractivity contribution in [3.05, 3.63) is 65.0 Å². The highest BCUT2D eigenvalue weighted by atomic mass is 32.2. The number of aromatic nitrogens is 1. The summed E-state index contributed by atoms with van der Waals surface area (Å²) in [5.41, 5.74) is 3.07. The Balaban J connectivity index is 1.50. The third-order valence-electron chi connectivity index (χ3n) is 4.94. The highest BCUT2D eigenvalue weighted by Gasteiger charge is 2.33. The number of benzene rings is 2.